The van der Waals surface area contributed by atoms with E-state index in [1.807, 2.05) is 0 Å². The zero-order valence-corrected chi connectivity index (χ0v) is 8.95. The first kappa shape index (κ1) is 11.6. The predicted molar refractivity (Wildman–Crippen MR) is 58.6 cm³/mol. The molecule has 1 aromatic carbocycles. The number of benzene rings is 1. The summed E-state index contributed by atoms with van der Waals surface area (Å²) in [4.78, 5) is 22.5. The van der Waals surface area contributed by atoms with Crippen LogP contribution >= 0.6 is 0 Å². The van der Waals surface area contributed by atoms with Crippen LogP contribution < -0.4 is 4.74 Å². The van der Waals surface area contributed by atoms with Crippen molar-refractivity contribution in [2.75, 3.05) is 0 Å². The number of carboxylic acid groups (broad SMARTS) is 1. The van der Waals surface area contributed by atoms with Crippen LogP contribution in [0.25, 0.3) is 0 Å². The topological polar surface area (TPSA) is 113 Å². The second-order valence-electron chi connectivity index (χ2n) is 3.35. The molecule has 1 aromatic heterocycles. The lowest BCUT2D eigenvalue weighted by molar-refractivity contribution is 0.0666. The number of carbonyl (C=O) groups is 2. The van der Waals surface area contributed by atoms with Crippen LogP contribution in [0.1, 0.15) is 20.8 Å². The van der Waals surface area contributed by atoms with Crippen molar-refractivity contribution in [3.8, 4) is 11.5 Å². The maximum absolute atomic E-state index is 11.7. The van der Waals surface area contributed by atoms with E-state index in [2.05, 4.69) is 10.2 Å². The number of carbonyl (C=O) groups excluding carboxylic acids is 1. The van der Waals surface area contributed by atoms with Gasteiger partial charge in [0.25, 0.3) is 0 Å². The molecule has 0 radical (unpaired) electrons. The van der Waals surface area contributed by atoms with E-state index in [-0.39, 0.29) is 22.8 Å². The van der Waals surface area contributed by atoms with Crippen molar-refractivity contribution in [3.05, 3.63) is 41.7 Å². The Morgan fingerprint density at radius 2 is 2.11 bits per heavy atom. The molecule has 0 bridgehead atoms. The van der Waals surface area contributed by atoms with Crippen molar-refractivity contribution >= 4 is 11.9 Å². The third kappa shape index (κ3) is 2.29. The maximum atomic E-state index is 11.7. The number of esters is 1. The van der Waals surface area contributed by atoms with Crippen LogP contribution in [0.5, 0.6) is 11.5 Å². The number of nitrogens with zero attached hydrogens (tertiary/aromatic N) is 1. The Balaban J connectivity index is 2.22. The molecule has 0 spiro atoms. The normalized spacial score (nSPS) is 10.0. The fraction of sp³-hybridized carbons (Fsp3) is 0. The lowest BCUT2D eigenvalue weighted by Gasteiger charge is -2.03. The summed E-state index contributed by atoms with van der Waals surface area (Å²) in [6.45, 7) is 0. The van der Waals surface area contributed by atoms with Gasteiger partial charge in [-0.1, -0.05) is 6.07 Å². The van der Waals surface area contributed by atoms with E-state index < -0.39 is 11.9 Å². The molecule has 92 valence electrons. The maximum Gasteiger partial charge on any atom is 0.362 e. The molecule has 7 heteroatoms. The predicted octanol–water partition coefficient (Wildman–Crippen LogP) is 1.03. The number of nitrogens with one attached hydrogen (secondary N) is 1. The van der Waals surface area contributed by atoms with Crippen molar-refractivity contribution in [2.24, 2.45) is 0 Å². The molecular formula is C11H8N2O5. The van der Waals surface area contributed by atoms with Gasteiger partial charge in [-0.3, -0.25) is 5.10 Å². The molecule has 0 aliphatic heterocycles. The van der Waals surface area contributed by atoms with Crippen molar-refractivity contribution in [1.82, 2.24) is 10.2 Å². The van der Waals surface area contributed by atoms with Crippen LogP contribution in [-0.2, 0) is 0 Å². The van der Waals surface area contributed by atoms with E-state index in [0.29, 0.717) is 0 Å². The monoisotopic (exact) mass is 248 g/mol. The largest absolute Gasteiger partial charge is 0.508 e. The zero-order valence-electron chi connectivity index (χ0n) is 8.95. The minimum absolute atomic E-state index is 0.0663. The van der Waals surface area contributed by atoms with Crippen LogP contribution in [0.15, 0.2) is 30.5 Å². The highest BCUT2D eigenvalue weighted by Gasteiger charge is 2.20. The van der Waals surface area contributed by atoms with Crippen molar-refractivity contribution in [3.63, 3.8) is 0 Å². The molecule has 2 aromatic rings. The minimum Gasteiger partial charge on any atom is -0.508 e. The molecule has 18 heavy (non-hydrogen) atoms. The molecule has 0 saturated carbocycles. The van der Waals surface area contributed by atoms with E-state index in [9.17, 15) is 14.7 Å². The van der Waals surface area contributed by atoms with Gasteiger partial charge < -0.3 is 14.9 Å². The summed E-state index contributed by atoms with van der Waals surface area (Å²) in [6.07, 6.45) is 1.02. The quantitative estimate of drug-likeness (QED) is 0.552. The minimum atomic E-state index is -1.29. The Hall–Kier alpha value is -2.83. The Bertz CT molecular complexity index is 605. The smallest absolute Gasteiger partial charge is 0.362 e. The number of rotatable bonds is 3. The third-order valence-corrected chi connectivity index (χ3v) is 2.10. The SMILES string of the molecule is O=C(O)c1cn[nH]c1C(=O)Oc1cccc(O)c1. The van der Waals surface area contributed by atoms with Gasteiger partial charge in [0, 0.05) is 6.07 Å². The van der Waals surface area contributed by atoms with Crippen LogP contribution in [0.4, 0.5) is 0 Å². The summed E-state index contributed by atoms with van der Waals surface area (Å²) < 4.78 is 4.90. The van der Waals surface area contributed by atoms with E-state index in [1.165, 1.54) is 24.3 Å². The van der Waals surface area contributed by atoms with Gasteiger partial charge >= 0.3 is 11.9 Å². The lowest BCUT2D eigenvalue weighted by Crippen LogP contribution is -2.13. The first-order valence-electron chi connectivity index (χ1n) is 4.86. The first-order valence-corrected chi connectivity index (χ1v) is 4.86. The van der Waals surface area contributed by atoms with Gasteiger partial charge in [0.1, 0.15) is 17.1 Å². The van der Waals surface area contributed by atoms with Crippen LogP contribution in [-0.4, -0.2) is 32.3 Å². The number of phenols is 1. The highest BCUT2D eigenvalue weighted by Crippen LogP contribution is 2.19. The molecule has 3 N–H and O–H groups in total. The molecular weight excluding hydrogens is 240 g/mol. The fourth-order valence-electron chi connectivity index (χ4n) is 1.31. The Morgan fingerprint density at radius 1 is 1.33 bits per heavy atom. The van der Waals surface area contributed by atoms with Crippen LogP contribution in [0.3, 0.4) is 0 Å². The van der Waals surface area contributed by atoms with E-state index >= 15 is 0 Å². The zero-order chi connectivity index (χ0) is 13.1. The Labute approximate surface area is 101 Å². The van der Waals surface area contributed by atoms with Crippen LogP contribution in [0.2, 0.25) is 0 Å². The average molecular weight is 248 g/mol. The second kappa shape index (κ2) is 4.58. The standard InChI is InChI=1S/C11H8N2O5/c14-6-2-1-3-7(4-6)18-11(17)9-8(10(15)16)5-12-13-9/h1-5,14H,(H,12,13)(H,15,16). The van der Waals surface area contributed by atoms with Crippen molar-refractivity contribution < 1.29 is 24.5 Å². The molecule has 0 aliphatic carbocycles. The van der Waals surface area contributed by atoms with Crippen molar-refractivity contribution in [1.29, 1.82) is 0 Å². The molecule has 0 amide bonds. The number of aromatic nitrogens is 2. The molecule has 7 nitrogen and oxygen atoms in total. The Kier molecular flexibility index (Phi) is 2.96. The Morgan fingerprint density at radius 3 is 2.78 bits per heavy atom. The van der Waals surface area contributed by atoms with Gasteiger partial charge in [0.15, 0.2) is 5.69 Å². The number of aromatic hydroxyl groups is 1. The highest BCUT2D eigenvalue weighted by molar-refractivity contribution is 6.01. The van der Waals surface area contributed by atoms with E-state index in [1.54, 1.807) is 0 Å². The third-order valence-electron chi connectivity index (χ3n) is 2.10. The highest BCUT2D eigenvalue weighted by atomic mass is 16.5. The number of H-pyrrole nitrogens is 1. The summed E-state index contributed by atoms with van der Waals surface area (Å²) >= 11 is 0. The van der Waals surface area contributed by atoms with E-state index in [0.717, 1.165) is 6.20 Å². The van der Waals surface area contributed by atoms with Gasteiger partial charge in [-0.15, -0.1) is 0 Å². The molecule has 0 unspecified atom stereocenters. The molecule has 2 rings (SSSR count). The number of hydrogen-bond donors (Lipinski definition) is 3. The van der Waals surface area contributed by atoms with Gasteiger partial charge in [-0.2, -0.15) is 5.10 Å². The van der Waals surface area contributed by atoms with Gasteiger partial charge in [0.2, 0.25) is 0 Å². The molecule has 0 atom stereocenters. The number of ether oxygens (including phenoxy) is 1. The van der Waals surface area contributed by atoms with Crippen molar-refractivity contribution in [2.45, 2.75) is 0 Å². The summed E-state index contributed by atoms with van der Waals surface area (Å²) in [7, 11) is 0. The summed E-state index contributed by atoms with van der Waals surface area (Å²) in [5.74, 6) is -2.14. The van der Waals surface area contributed by atoms with Gasteiger partial charge in [0.05, 0.1) is 6.20 Å². The summed E-state index contributed by atoms with van der Waals surface area (Å²) in [6, 6.07) is 5.59. The molecule has 1 heterocycles. The number of aromatic amines is 1. The fourth-order valence-corrected chi connectivity index (χ4v) is 1.31. The number of hydrogen-bond acceptors (Lipinski definition) is 5. The molecule has 0 aliphatic rings. The lowest BCUT2D eigenvalue weighted by atomic mass is 10.2. The summed E-state index contributed by atoms with van der Waals surface area (Å²) in [5.41, 5.74) is -0.536. The summed E-state index contributed by atoms with van der Waals surface area (Å²) in [5, 5.41) is 23.7. The molecule has 0 saturated heterocycles. The first-order chi connectivity index (χ1) is 8.58. The van der Waals surface area contributed by atoms with Gasteiger partial charge in [-0.05, 0) is 12.1 Å². The second-order valence-corrected chi connectivity index (χ2v) is 3.35. The van der Waals surface area contributed by atoms with Crippen LogP contribution in [0, 0.1) is 0 Å². The number of aromatic carboxylic acids is 1. The average Bonchev–Trinajstić information content (AvgIpc) is 2.77. The number of carboxylic acids is 1. The van der Waals surface area contributed by atoms with E-state index in [4.69, 9.17) is 9.84 Å². The van der Waals surface area contributed by atoms with Gasteiger partial charge in [-0.25, -0.2) is 9.59 Å². The number of phenolic OH excluding ortho intramolecular Hbond substituents is 1. The molecule has 0 fully saturated rings.